The van der Waals surface area contributed by atoms with E-state index in [1.165, 1.54) is 11.6 Å². The summed E-state index contributed by atoms with van der Waals surface area (Å²) in [4.78, 5) is 12.4. The van der Waals surface area contributed by atoms with Crippen LogP contribution in [0.5, 0.6) is 0 Å². The van der Waals surface area contributed by atoms with Crippen molar-refractivity contribution in [2.45, 2.75) is 13.1 Å². The minimum atomic E-state index is -0.265. The number of nitrogens with one attached hydrogen (secondary N) is 3. The van der Waals surface area contributed by atoms with Gasteiger partial charge in [0.05, 0.1) is 11.2 Å². The van der Waals surface area contributed by atoms with Gasteiger partial charge in [-0.1, -0.05) is 54.6 Å². The molecule has 0 saturated heterocycles. The van der Waals surface area contributed by atoms with Crippen molar-refractivity contribution in [2.75, 3.05) is 0 Å². The van der Waals surface area contributed by atoms with Crippen LogP contribution in [0, 0.1) is 5.82 Å². The van der Waals surface area contributed by atoms with Crippen molar-refractivity contribution in [1.29, 1.82) is 0 Å². The monoisotopic (exact) mass is 524 g/mol. The molecule has 4 aromatic heterocycles. The molecule has 0 unspecified atom stereocenters. The van der Waals surface area contributed by atoms with Crippen LogP contribution >= 0.6 is 0 Å². The first-order chi connectivity index (χ1) is 19.7. The summed E-state index contributed by atoms with van der Waals surface area (Å²) >= 11 is 0. The van der Waals surface area contributed by atoms with Gasteiger partial charge >= 0.3 is 0 Å². The fourth-order valence-corrected chi connectivity index (χ4v) is 5.16. The number of aromatic nitrogens is 5. The number of aromatic amines is 2. The molecule has 6 nitrogen and oxygen atoms in total. The minimum absolute atomic E-state index is 0.265. The second kappa shape index (κ2) is 10.2. The Hall–Kier alpha value is -5.14. The van der Waals surface area contributed by atoms with Crippen molar-refractivity contribution >= 4 is 21.9 Å². The molecule has 3 N–H and O–H groups in total. The highest BCUT2D eigenvalue weighted by Crippen LogP contribution is 2.35. The molecule has 0 radical (unpaired) electrons. The number of halogens is 1. The van der Waals surface area contributed by atoms with E-state index in [9.17, 15) is 4.39 Å². The largest absolute Gasteiger partial charge is 0.338 e. The average molecular weight is 525 g/mol. The number of fused-ring (bicyclic) bond motifs is 2. The molecular weight excluding hydrogens is 499 g/mol. The SMILES string of the molecule is Fc1ccccc1-c1ccnc2[nH]c(-c3n[nH]c4ccc(-c5cncc(CNCc6ccccc6)c5)cc34)cc12. The van der Waals surface area contributed by atoms with Crippen molar-refractivity contribution in [1.82, 2.24) is 30.5 Å². The van der Waals surface area contributed by atoms with Gasteiger partial charge in [0.2, 0.25) is 0 Å². The van der Waals surface area contributed by atoms with Crippen molar-refractivity contribution in [3.63, 3.8) is 0 Å². The summed E-state index contributed by atoms with van der Waals surface area (Å²) in [6.07, 6.45) is 5.48. The third-order valence-electron chi connectivity index (χ3n) is 7.14. The highest BCUT2D eigenvalue weighted by Gasteiger charge is 2.16. The smallest absolute Gasteiger partial charge is 0.138 e. The Morgan fingerprint density at radius 1 is 0.725 bits per heavy atom. The second-order valence-corrected chi connectivity index (χ2v) is 9.79. The third-order valence-corrected chi connectivity index (χ3v) is 7.14. The third kappa shape index (κ3) is 4.52. The molecule has 0 aliphatic heterocycles. The van der Waals surface area contributed by atoms with E-state index in [0.717, 1.165) is 63.0 Å². The zero-order chi connectivity index (χ0) is 26.9. The van der Waals surface area contributed by atoms with Gasteiger partial charge in [-0.25, -0.2) is 9.37 Å². The van der Waals surface area contributed by atoms with Gasteiger partial charge in [-0.3, -0.25) is 10.1 Å². The summed E-state index contributed by atoms with van der Waals surface area (Å²) in [5.74, 6) is -0.265. The molecule has 0 saturated carbocycles. The first kappa shape index (κ1) is 23.9. The molecule has 194 valence electrons. The molecule has 7 aromatic rings. The molecule has 7 rings (SSSR count). The normalized spacial score (nSPS) is 11.4. The van der Waals surface area contributed by atoms with Gasteiger partial charge in [0.25, 0.3) is 0 Å². The van der Waals surface area contributed by atoms with Crippen molar-refractivity contribution in [3.8, 4) is 33.6 Å². The van der Waals surface area contributed by atoms with Crippen LogP contribution in [-0.4, -0.2) is 25.1 Å². The molecule has 0 aliphatic rings. The number of H-pyrrole nitrogens is 2. The summed E-state index contributed by atoms with van der Waals surface area (Å²) in [6, 6.07) is 29.4. The van der Waals surface area contributed by atoms with Crippen LogP contribution in [0.1, 0.15) is 11.1 Å². The Morgan fingerprint density at radius 2 is 1.57 bits per heavy atom. The van der Waals surface area contributed by atoms with Gasteiger partial charge in [0.1, 0.15) is 17.2 Å². The molecule has 0 spiro atoms. The fraction of sp³-hybridized carbons (Fsp3) is 0.0606. The van der Waals surface area contributed by atoms with Crippen LogP contribution in [0.2, 0.25) is 0 Å². The minimum Gasteiger partial charge on any atom is -0.338 e. The number of rotatable bonds is 7. The lowest BCUT2D eigenvalue weighted by Crippen LogP contribution is -2.12. The predicted octanol–water partition coefficient (Wildman–Crippen LogP) is 7.26. The fourth-order valence-electron chi connectivity index (χ4n) is 5.16. The maximum atomic E-state index is 14.6. The van der Waals surface area contributed by atoms with Crippen LogP contribution in [0.25, 0.3) is 55.6 Å². The van der Waals surface area contributed by atoms with Gasteiger partial charge in [-0.15, -0.1) is 0 Å². The molecule has 0 atom stereocenters. The van der Waals surface area contributed by atoms with Crippen molar-refractivity contribution in [3.05, 3.63) is 127 Å². The molecule has 0 bridgehead atoms. The molecule has 0 amide bonds. The number of hydrogen-bond acceptors (Lipinski definition) is 4. The van der Waals surface area contributed by atoms with Crippen LogP contribution in [0.3, 0.4) is 0 Å². The van der Waals surface area contributed by atoms with E-state index in [4.69, 9.17) is 0 Å². The van der Waals surface area contributed by atoms with Gasteiger partial charge in [-0.05, 0) is 58.7 Å². The standard InChI is InChI=1S/C33H25FN6/c34-29-9-5-4-8-26(29)25-12-13-37-33-27(25)16-31(38-33)32-28-15-23(10-11-30(28)39-40-32)24-14-22(19-36-20-24)18-35-17-21-6-2-1-3-7-21/h1-16,19-20,35H,17-18H2,(H,37,38)(H,39,40). The van der Waals surface area contributed by atoms with E-state index in [0.29, 0.717) is 11.2 Å². The molecule has 4 heterocycles. The molecule has 3 aromatic carbocycles. The Morgan fingerprint density at radius 3 is 2.48 bits per heavy atom. The van der Waals surface area contributed by atoms with E-state index in [2.05, 4.69) is 60.8 Å². The number of nitrogens with zero attached hydrogens (tertiary/aromatic N) is 3. The molecular formula is C33H25FN6. The number of pyridine rings is 2. The van der Waals surface area contributed by atoms with Gasteiger partial charge < -0.3 is 10.3 Å². The summed E-state index contributed by atoms with van der Waals surface area (Å²) < 4.78 is 14.6. The first-order valence-corrected chi connectivity index (χ1v) is 13.1. The van der Waals surface area contributed by atoms with Crippen LogP contribution in [0.15, 0.2) is 110 Å². The van der Waals surface area contributed by atoms with Gasteiger partial charge in [-0.2, -0.15) is 5.10 Å². The lowest BCUT2D eigenvalue weighted by atomic mass is 10.0. The summed E-state index contributed by atoms with van der Waals surface area (Å²) in [5.41, 5.74) is 8.98. The Labute approximate surface area is 230 Å². The lowest BCUT2D eigenvalue weighted by Gasteiger charge is -2.08. The van der Waals surface area contributed by atoms with E-state index in [1.54, 1.807) is 18.3 Å². The summed E-state index contributed by atoms with van der Waals surface area (Å²) in [6.45, 7) is 1.52. The van der Waals surface area contributed by atoms with Crippen molar-refractivity contribution in [2.24, 2.45) is 0 Å². The van der Waals surface area contributed by atoms with Crippen molar-refractivity contribution < 1.29 is 4.39 Å². The van der Waals surface area contributed by atoms with Crippen LogP contribution < -0.4 is 5.32 Å². The van der Waals surface area contributed by atoms with Gasteiger partial charge in [0.15, 0.2) is 0 Å². The Kier molecular flexibility index (Phi) is 6.11. The Balaban J connectivity index is 1.21. The van der Waals surface area contributed by atoms with E-state index in [-0.39, 0.29) is 5.82 Å². The van der Waals surface area contributed by atoms with E-state index < -0.39 is 0 Å². The Bertz CT molecular complexity index is 1960. The van der Waals surface area contributed by atoms with E-state index >= 15 is 0 Å². The quantitative estimate of drug-likeness (QED) is 0.205. The maximum Gasteiger partial charge on any atom is 0.138 e. The molecule has 7 heteroatoms. The number of hydrogen-bond donors (Lipinski definition) is 3. The lowest BCUT2D eigenvalue weighted by molar-refractivity contribution is 0.631. The average Bonchev–Trinajstić information content (AvgIpc) is 3.62. The zero-order valence-corrected chi connectivity index (χ0v) is 21.5. The zero-order valence-electron chi connectivity index (χ0n) is 21.5. The highest BCUT2D eigenvalue weighted by atomic mass is 19.1. The highest BCUT2D eigenvalue weighted by molar-refractivity contribution is 6.00. The maximum absolute atomic E-state index is 14.6. The number of benzene rings is 3. The van der Waals surface area contributed by atoms with E-state index in [1.807, 2.05) is 54.9 Å². The summed E-state index contributed by atoms with van der Waals surface area (Å²) in [7, 11) is 0. The molecule has 40 heavy (non-hydrogen) atoms. The van der Waals surface area contributed by atoms with Crippen LogP contribution in [-0.2, 0) is 13.1 Å². The molecule has 0 aliphatic carbocycles. The summed E-state index contributed by atoms with van der Waals surface area (Å²) in [5, 5.41) is 13.1. The predicted molar refractivity (Wildman–Crippen MR) is 157 cm³/mol. The second-order valence-electron chi connectivity index (χ2n) is 9.79. The topological polar surface area (TPSA) is 82.3 Å². The molecule has 0 fully saturated rings. The van der Waals surface area contributed by atoms with Gasteiger partial charge in [0, 0.05) is 53.6 Å². The van der Waals surface area contributed by atoms with Crippen LogP contribution in [0.4, 0.5) is 4.39 Å². The first-order valence-electron chi connectivity index (χ1n) is 13.1.